The van der Waals surface area contributed by atoms with E-state index in [4.69, 9.17) is 5.73 Å². The summed E-state index contributed by atoms with van der Waals surface area (Å²) in [4.78, 5) is 14.0. The van der Waals surface area contributed by atoms with Crippen LogP contribution >= 0.6 is 15.9 Å². The number of ether oxygens (including phenoxy) is 1. The number of primary amides is 1. The van der Waals surface area contributed by atoms with Crippen molar-refractivity contribution in [3.05, 3.63) is 22.8 Å². The van der Waals surface area contributed by atoms with Gasteiger partial charge in [0.15, 0.2) is 0 Å². The molecular formula is C6H5BrN2O2. The van der Waals surface area contributed by atoms with Gasteiger partial charge in [0.1, 0.15) is 0 Å². The largest absolute Gasteiger partial charge is 0.411 e. The molecule has 0 spiro atoms. The summed E-state index contributed by atoms with van der Waals surface area (Å²) in [5, 5.41) is 0. The Hall–Kier alpha value is -1.10. The number of nitrogens with two attached hydrogens (primary N) is 1. The van der Waals surface area contributed by atoms with Gasteiger partial charge in [-0.05, 0) is 6.07 Å². The molecule has 0 saturated heterocycles. The van der Waals surface area contributed by atoms with E-state index in [1.165, 1.54) is 6.20 Å². The first kappa shape index (κ1) is 8.00. The van der Waals surface area contributed by atoms with Crippen molar-refractivity contribution in [1.82, 2.24) is 4.98 Å². The molecule has 0 fully saturated rings. The van der Waals surface area contributed by atoms with Crippen molar-refractivity contribution in [3.63, 3.8) is 0 Å². The smallest absolute Gasteiger partial charge is 0.391 e. The quantitative estimate of drug-likeness (QED) is 0.770. The van der Waals surface area contributed by atoms with Crippen LogP contribution in [0.1, 0.15) is 0 Å². The van der Waals surface area contributed by atoms with E-state index in [0.717, 1.165) is 4.47 Å². The van der Waals surface area contributed by atoms with E-state index >= 15 is 0 Å². The van der Waals surface area contributed by atoms with Gasteiger partial charge in [-0.15, -0.1) is 0 Å². The lowest BCUT2D eigenvalue weighted by molar-refractivity contribution is 0.209. The van der Waals surface area contributed by atoms with E-state index in [1.54, 1.807) is 12.1 Å². The molecule has 0 aliphatic carbocycles. The molecule has 1 amide bonds. The highest BCUT2D eigenvalue weighted by atomic mass is 79.9. The summed E-state index contributed by atoms with van der Waals surface area (Å²) in [6.07, 6.45) is 0.637. The molecule has 1 aromatic rings. The van der Waals surface area contributed by atoms with Gasteiger partial charge in [0.05, 0.1) is 0 Å². The predicted octanol–water partition coefficient (Wildman–Crippen LogP) is 1.30. The van der Waals surface area contributed by atoms with Crippen molar-refractivity contribution in [2.24, 2.45) is 5.73 Å². The molecule has 1 rings (SSSR count). The van der Waals surface area contributed by atoms with E-state index < -0.39 is 6.09 Å². The van der Waals surface area contributed by atoms with Crippen LogP contribution < -0.4 is 10.5 Å². The van der Waals surface area contributed by atoms with Gasteiger partial charge in [0.2, 0.25) is 5.88 Å². The number of hydrogen-bond acceptors (Lipinski definition) is 3. The SMILES string of the molecule is NC(=O)Oc1cc(Br)ccn1. The Kier molecular flexibility index (Phi) is 2.43. The lowest BCUT2D eigenvalue weighted by Crippen LogP contribution is -2.16. The van der Waals surface area contributed by atoms with E-state index in [1.807, 2.05) is 0 Å². The van der Waals surface area contributed by atoms with Gasteiger partial charge in [0, 0.05) is 16.7 Å². The fraction of sp³-hybridized carbons (Fsp3) is 0. The summed E-state index contributed by atoms with van der Waals surface area (Å²) in [6, 6.07) is 3.26. The van der Waals surface area contributed by atoms with Crippen molar-refractivity contribution in [1.29, 1.82) is 0 Å². The third-order valence-electron chi connectivity index (χ3n) is 0.902. The molecule has 2 N–H and O–H groups in total. The molecule has 11 heavy (non-hydrogen) atoms. The van der Waals surface area contributed by atoms with Crippen LogP contribution in [0.4, 0.5) is 4.79 Å². The first-order valence-electron chi connectivity index (χ1n) is 2.77. The zero-order chi connectivity index (χ0) is 8.27. The molecule has 4 nitrogen and oxygen atoms in total. The van der Waals surface area contributed by atoms with Crippen LogP contribution in [-0.4, -0.2) is 11.1 Å². The van der Waals surface area contributed by atoms with E-state index in [0.29, 0.717) is 0 Å². The van der Waals surface area contributed by atoms with Crippen LogP contribution in [0.2, 0.25) is 0 Å². The van der Waals surface area contributed by atoms with Gasteiger partial charge >= 0.3 is 6.09 Å². The van der Waals surface area contributed by atoms with Crippen LogP contribution in [-0.2, 0) is 0 Å². The average molecular weight is 217 g/mol. The number of nitrogens with zero attached hydrogens (tertiary/aromatic N) is 1. The highest BCUT2D eigenvalue weighted by Gasteiger charge is 1.98. The molecule has 1 aromatic heterocycles. The Morgan fingerprint density at radius 2 is 2.45 bits per heavy atom. The molecule has 1 heterocycles. The molecule has 58 valence electrons. The Bertz CT molecular complexity index is 277. The van der Waals surface area contributed by atoms with Crippen molar-refractivity contribution in [3.8, 4) is 5.88 Å². The first-order chi connectivity index (χ1) is 5.18. The van der Waals surface area contributed by atoms with Crippen molar-refractivity contribution < 1.29 is 9.53 Å². The summed E-state index contributed by atoms with van der Waals surface area (Å²) >= 11 is 3.18. The number of pyridine rings is 1. The second-order valence-electron chi connectivity index (χ2n) is 1.73. The van der Waals surface area contributed by atoms with Gasteiger partial charge in [-0.25, -0.2) is 9.78 Å². The van der Waals surface area contributed by atoms with Crippen LogP contribution in [0, 0.1) is 0 Å². The minimum absolute atomic E-state index is 0.187. The van der Waals surface area contributed by atoms with Gasteiger partial charge in [-0.2, -0.15) is 0 Å². The molecule has 0 aliphatic rings. The van der Waals surface area contributed by atoms with E-state index in [2.05, 4.69) is 25.7 Å². The second-order valence-corrected chi connectivity index (χ2v) is 2.65. The number of amides is 1. The molecular weight excluding hydrogens is 212 g/mol. The molecule has 0 radical (unpaired) electrons. The zero-order valence-electron chi connectivity index (χ0n) is 5.45. The maximum atomic E-state index is 10.2. The lowest BCUT2D eigenvalue weighted by Gasteiger charge is -1.97. The Labute approximate surface area is 71.5 Å². The summed E-state index contributed by atoms with van der Waals surface area (Å²) in [7, 11) is 0. The zero-order valence-corrected chi connectivity index (χ0v) is 7.04. The summed E-state index contributed by atoms with van der Waals surface area (Å²) < 4.78 is 5.27. The number of carbonyl (C=O) groups excluding carboxylic acids is 1. The monoisotopic (exact) mass is 216 g/mol. The van der Waals surface area contributed by atoms with Gasteiger partial charge in [0.25, 0.3) is 0 Å². The number of carbonyl (C=O) groups is 1. The highest BCUT2D eigenvalue weighted by Crippen LogP contribution is 2.13. The molecule has 0 saturated carbocycles. The van der Waals surface area contributed by atoms with Gasteiger partial charge < -0.3 is 10.5 Å². The molecule has 5 heteroatoms. The fourth-order valence-corrected chi connectivity index (χ4v) is 0.858. The second kappa shape index (κ2) is 3.34. The molecule has 0 aromatic carbocycles. The molecule has 0 bridgehead atoms. The standard InChI is InChI=1S/C6H5BrN2O2/c7-4-1-2-9-5(3-4)11-6(8)10/h1-3H,(H2,8,10). The minimum atomic E-state index is -0.865. The Morgan fingerprint density at radius 3 is 3.00 bits per heavy atom. The minimum Gasteiger partial charge on any atom is -0.391 e. The van der Waals surface area contributed by atoms with Crippen LogP contribution in [0.25, 0.3) is 0 Å². The van der Waals surface area contributed by atoms with Crippen molar-refractivity contribution in [2.45, 2.75) is 0 Å². The summed E-state index contributed by atoms with van der Waals surface area (Å²) in [5.74, 6) is 0.187. The van der Waals surface area contributed by atoms with Gasteiger partial charge in [-0.1, -0.05) is 15.9 Å². The summed E-state index contributed by atoms with van der Waals surface area (Å²) in [6.45, 7) is 0. The van der Waals surface area contributed by atoms with Gasteiger partial charge in [-0.3, -0.25) is 0 Å². The van der Waals surface area contributed by atoms with Crippen LogP contribution in [0.5, 0.6) is 5.88 Å². The normalized spacial score (nSPS) is 9.18. The first-order valence-corrected chi connectivity index (χ1v) is 3.56. The predicted molar refractivity (Wildman–Crippen MR) is 42.1 cm³/mol. The van der Waals surface area contributed by atoms with E-state index in [9.17, 15) is 4.79 Å². The topological polar surface area (TPSA) is 65.2 Å². The third-order valence-corrected chi connectivity index (χ3v) is 1.40. The average Bonchev–Trinajstić information content (AvgIpc) is 1.85. The Morgan fingerprint density at radius 1 is 1.73 bits per heavy atom. The molecule has 0 aliphatic heterocycles. The van der Waals surface area contributed by atoms with Crippen LogP contribution in [0.15, 0.2) is 22.8 Å². The number of hydrogen-bond donors (Lipinski definition) is 1. The number of rotatable bonds is 1. The third kappa shape index (κ3) is 2.55. The Balaban J connectivity index is 2.79. The number of aromatic nitrogens is 1. The number of halogens is 1. The fourth-order valence-electron chi connectivity index (χ4n) is 0.544. The molecule has 0 atom stereocenters. The summed E-state index contributed by atoms with van der Waals surface area (Å²) in [5.41, 5.74) is 4.76. The maximum Gasteiger partial charge on any atom is 0.411 e. The molecule has 0 unspecified atom stereocenters. The highest BCUT2D eigenvalue weighted by molar-refractivity contribution is 9.10. The van der Waals surface area contributed by atoms with E-state index in [-0.39, 0.29) is 5.88 Å². The van der Waals surface area contributed by atoms with Crippen molar-refractivity contribution in [2.75, 3.05) is 0 Å². The van der Waals surface area contributed by atoms with Crippen molar-refractivity contribution >= 4 is 22.0 Å². The maximum absolute atomic E-state index is 10.2. The van der Waals surface area contributed by atoms with Crippen LogP contribution in [0.3, 0.4) is 0 Å². The lowest BCUT2D eigenvalue weighted by atomic mass is 10.5.